The predicted octanol–water partition coefficient (Wildman–Crippen LogP) is 4.61. The molecule has 7 heteroatoms. The van der Waals surface area contributed by atoms with Crippen LogP contribution in [0.25, 0.3) is 0 Å². The number of halogens is 2. The van der Waals surface area contributed by atoms with Crippen LogP contribution in [-0.4, -0.2) is 37.0 Å². The van der Waals surface area contributed by atoms with E-state index in [0.717, 1.165) is 61.0 Å². The lowest BCUT2D eigenvalue weighted by Crippen LogP contribution is -2.48. The van der Waals surface area contributed by atoms with Crippen molar-refractivity contribution in [1.29, 1.82) is 0 Å². The van der Waals surface area contributed by atoms with Gasteiger partial charge in [-0.25, -0.2) is 0 Å². The van der Waals surface area contributed by atoms with Crippen molar-refractivity contribution in [2.75, 3.05) is 20.1 Å². The molecule has 0 unspecified atom stereocenters. The standard InChI is InChI=1S/C21H29BrN4O.HI/c1-15-12-18(16(2)27-15)13-24-21(23-3)25-20-8-10-26(11-9-20)14-17-4-6-19(22)7-5-17;/h4-7,12,20H,8-11,13-14H2,1-3H3,(H2,23,24,25);1H. The van der Waals surface area contributed by atoms with E-state index in [9.17, 15) is 0 Å². The number of piperidine rings is 1. The van der Waals surface area contributed by atoms with Crippen molar-refractivity contribution in [3.8, 4) is 0 Å². The van der Waals surface area contributed by atoms with Crippen molar-refractivity contribution >= 4 is 45.9 Å². The molecule has 2 aromatic rings. The van der Waals surface area contributed by atoms with E-state index < -0.39 is 0 Å². The highest BCUT2D eigenvalue weighted by molar-refractivity contribution is 14.0. The number of guanidine groups is 1. The average molecular weight is 561 g/mol. The van der Waals surface area contributed by atoms with Gasteiger partial charge in [0.1, 0.15) is 11.5 Å². The number of hydrogen-bond acceptors (Lipinski definition) is 3. The summed E-state index contributed by atoms with van der Waals surface area (Å²) in [6.07, 6.45) is 2.25. The largest absolute Gasteiger partial charge is 0.466 e. The van der Waals surface area contributed by atoms with Gasteiger partial charge in [0.15, 0.2) is 5.96 Å². The third kappa shape index (κ3) is 6.77. The summed E-state index contributed by atoms with van der Waals surface area (Å²) in [6, 6.07) is 11.2. The van der Waals surface area contributed by atoms with Crippen LogP contribution in [0.15, 0.2) is 44.2 Å². The Bertz CT molecular complexity index is 767. The first-order valence-electron chi connectivity index (χ1n) is 9.53. The van der Waals surface area contributed by atoms with Crippen molar-refractivity contribution in [2.45, 2.75) is 45.8 Å². The van der Waals surface area contributed by atoms with Gasteiger partial charge in [0.05, 0.1) is 0 Å². The Hall–Kier alpha value is -1.06. The SMILES string of the molecule is CN=C(NCc1cc(C)oc1C)NC1CCN(Cc2ccc(Br)cc2)CC1.I. The number of aliphatic imine (C=N–C) groups is 1. The molecule has 154 valence electrons. The number of nitrogens with one attached hydrogen (secondary N) is 2. The molecule has 2 heterocycles. The molecular weight excluding hydrogens is 531 g/mol. The van der Waals surface area contributed by atoms with Crippen LogP contribution in [0.1, 0.15) is 35.5 Å². The van der Waals surface area contributed by atoms with E-state index >= 15 is 0 Å². The fourth-order valence-electron chi connectivity index (χ4n) is 3.51. The van der Waals surface area contributed by atoms with E-state index in [0.29, 0.717) is 6.04 Å². The summed E-state index contributed by atoms with van der Waals surface area (Å²) < 4.78 is 6.72. The fraction of sp³-hybridized carbons (Fsp3) is 0.476. The van der Waals surface area contributed by atoms with Crippen LogP contribution in [0.4, 0.5) is 0 Å². The van der Waals surface area contributed by atoms with Crippen LogP contribution < -0.4 is 10.6 Å². The quantitative estimate of drug-likeness (QED) is 0.319. The van der Waals surface area contributed by atoms with E-state index in [1.807, 2.05) is 20.9 Å². The molecule has 0 bridgehead atoms. The molecule has 3 rings (SSSR count). The normalized spacial score (nSPS) is 15.9. The molecule has 2 N–H and O–H groups in total. The molecule has 1 saturated heterocycles. The number of nitrogens with zero attached hydrogens (tertiary/aromatic N) is 2. The summed E-state index contributed by atoms with van der Waals surface area (Å²) >= 11 is 3.50. The first kappa shape index (κ1) is 23.2. The van der Waals surface area contributed by atoms with Crippen LogP contribution in [0.2, 0.25) is 0 Å². The third-order valence-electron chi connectivity index (χ3n) is 5.06. The predicted molar refractivity (Wildman–Crippen MR) is 129 cm³/mol. The molecule has 0 saturated carbocycles. The Kier molecular flexibility index (Phi) is 9.30. The Labute approximate surface area is 193 Å². The zero-order chi connectivity index (χ0) is 19.2. The molecular formula is C21H30BrIN4O. The van der Waals surface area contributed by atoms with Crippen LogP contribution in [-0.2, 0) is 13.1 Å². The smallest absolute Gasteiger partial charge is 0.191 e. The first-order valence-corrected chi connectivity index (χ1v) is 10.3. The van der Waals surface area contributed by atoms with Crippen molar-refractivity contribution in [3.05, 3.63) is 57.5 Å². The number of aryl methyl sites for hydroxylation is 2. The second-order valence-corrected chi connectivity index (χ2v) is 8.10. The van der Waals surface area contributed by atoms with Gasteiger partial charge < -0.3 is 15.1 Å². The molecule has 5 nitrogen and oxygen atoms in total. The lowest BCUT2D eigenvalue weighted by atomic mass is 10.0. The summed E-state index contributed by atoms with van der Waals surface area (Å²) in [4.78, 5) is 6.90. The van der Waals surface area contributed by atoms with Crippen LogP contribution in [0.3, 0.4) is 0 Å². The Morgan fingerprint density at radius 2 is 1.89 bits per heavy atom. The van der Waals surface area contributed by atoms with Gasteiger partial charge in [-0.15, -0.1) is 24.0 Å². The van der Waals surface area contributed by atoms with Gasteiger partial charge in [0, 0.05) is 49.3 Å². The van der Waals surface area contributed by atoms with Crippen LogP contribution in [0.5, 0.6) is 0 Å². The zero-order valence-corrected chi connectivity index (χ0v) is 20.7. The first-order chi connectivity index (χ1) is 13.0. The minimum atomic E-state index is 0. The van der Waals surface area contributed by atoms with Gasteiger partial charge in [-0.3, -0.25) is 9.89 Å². The van der Waals surface area contributed by atoms with E-state index in [1.54, 1.807) is 0 Å². The molecule has 0 amide bonds. The number of rotatable bonds is 5. The Balaban J connectivity index is 0.00000280. The molecule has 1 aromatic heterocycles. The molecule has 1 aliphatic rings. The Morgan fingerprint density at radius 3 is 2.46 bits per heavy atom. The van der Waals surface area contributed by atoms with Gasteiger partial charge in [-0.2, -0.15) is 0 Å². The fourth-order valence-corrected chi connectivity index (χ4v) is 3.77. The molecule has 0 aliphatic carbocycles. The van der Waals surface area contributed by atoms with E-state index in [4.69, 9.17) is 4.42 Å². The highest BCUT2D eigenvalue weighted by atomic mass is 127. The lowest BCUT2D eigenvalue weighted by Gasteiger charge is -2.33. The van der Waals surface area contributed by atoms with Gasteiger partial charge in [0.2, 0.25) is 0 Å². The van der Waals surface area contributed by atoms with Crippen molar-refractivity contribution < 1.29 is 4.42 Å². The molecule has 1 fully saturated rings. The van der Waals surface area contributed by atoms with Crippen molar-refractivity contribution in [1.82, 2.24) is 15.5 Å². The third-order valence-corrected chi connectivity index (χ3v) is 5.59. The highest BCUT2D eigenvalue weighted by Crippen LogP contribution is 2.16. The topological polar surface area (TPSA) is 52.8 Å². The van der Waals surface area contributed by atoms with Gasteiger partial charge in [-0.05, 0) is 50.5 Å². The van der Waals surface area contributed by atoms with E-state index in [-0.39, 0.29) is 24.0 Å². The maximum Gasteiger partial charge on any atom is 0.191 e. The average Bonchev–Trinajstić information content (AvgIpc) is 2.99. The summed E-state index contributed by atoms with van der Waals surface area (Å²) in [7, 11) is 1.82. The van der Waals surface area contributed by atoms with Gasteiger partial charge in [-0.1, -0.05) is 28.1 Å². The molecule has 0 atom stereocenters. The summed E-state index contributed by atoms with van der Waals surface area (Å²) in [5.74, 6) is 2.78. The number of likely N-dealkylation sites (tertiary alicyclic amines) is 1. The maximum absolute atomic E-state index is 5.59. The summed E-state index contributed by atoms with van der Waals surface area (Å²) in [6.45, 7) is 7.93. The number of furan rings is 1. The molecule has 0 spiro atoms. The number of hydrogen-bond donors (Lipinski definition) is 2. The van der Waals surface area contributed by atoms with E-state index in [2.05, 4.69) is 66.8 Å². The monoisotopic (exact) mass is 560 g/mol. The molecule has 1 aliphatic heterocycles. The van der Waals surface area contributed by atoms with Crippen LogP contribution >= 0.6 is 39.9 Å². The van der Waals surface area contributed by atoms with Gasteiger partial charge >= 0.3 is 0 Å². The summed E-state index contributed by atoms with van der Waals surface area (Å²) in [5.41, 5.74) is 2.55. The second-order valence-electron chi connectivity index (χ2n) is 7.19. The molecule has 28 heavy (non-hydrogen) atoms. The maximum atomic E-state index is 5.59. The highest BCUT2D eigenvalue weighted by Gasteiger charge is 2.20. The zero-order valence-electron chi connectivity index (χ0n) is 16.8. The van der Waals surface area contributed by atoms with Crippen molar-refractivity contribution in [2.24, 2.45) is 4.99 Å². The Morgan fingerprint density at radius 1 is 1.21 bits per heavy atom. The minimum Gasteiger partial charge on any atom is -0.466 e. The molecule has 0 radical (unpaired) electrons. The lowest BCUT2D eigenvalue weighted by molar-refractivity contribution is 0.198. The van der Waals surface area contributed by atoms with Gasteiger partial charge in [0.25, 0.3) is 0 Å². The van der Waals surface area contributed by atoms with E-state index in [1.165, 1.54) is 11.1 Å². The summed E-state index contributed by atoms with van der Waals surface area (Å²) in [5, 5.41) is 6.97. The van der Waals surface area contributed by atoms with Crippen molar-refractivity contribution in [3.63, 3.8) is 0 Å². The molecule has 1 aromatic carbocycles. The number of benzene rings is 1. The van der Waals surface area contributed by atoms with Crippen LogP contribution in [0, 0.1) is 13.8 Å². The second kappa shape index (κ2) is 11.2. The minimum absolute atomic E-state index is 0.